The SMILES string of the molecule is Cc1cc(C)c2c(C(CN)C(C)C)c(C)[nH]c2c1. The molecule has 18 heavy (non-hydrogen) atoms. The summed E-state index contributed by atoms with van der Waals surface area (Å²) >= 11 is 0. The maximum atomic E-state index is 5.99. The number of benzene rings is 1. The van der Waals surface area contributed by atoms with Crippen molar-refractivity contribution >= 4 is 10.9 Å². The summed E-state index contributed by atoms with van der Waals surface area (Å²) in [5.74, 6) is 0.994. The van der Waals surface area contributed by atoms with Crippen LogP contribution < -0.4 is 5.73 Å². The van der Waals surface area contributed by atoms with E-state index < -0.39 is 0 Å². The van der Waals surface area contributed by atoms with Gasteiger partial charge in [-0.1, -0.05) is 19.9 Å². The van der Waals surface area contributed by atoms with Crippen LogP contribution in [0.5, 0.6) is 0 Å². The number of H-pyrrole nitrogens is 1. The van der Waals surface area contributed by atoms with Crippen molar-refractivity contribution in [3.05, 3.63) is 34.5 Å². The van der Waals surface area contributed by atoms with E-state index in [0.29, 0.717) is 18.4 Å². The molecule has 2 aromatic rings. The molecular formula is C16H24N2. The van der Waals surface area contributed by atoms with Crippen LogP contribution in [0.25, 0.3) is 10.9 Å². The van der Waals surface area contributed by atoms with Gasteiger partial charge in [-0.2, -0.15) is 0 Å². The average molecular weight is 244 g/mol. The highest BCUT2D eigenvalue weighted by Gasteiger charge is 2.21. The molecule has 3 N–H and O–H groups in total. The first-order valence-corrected chi connectivity index (χ1v) is 6.75. The van der Waals surface area contributed by atoms with Gasteiger partial charge in [-0.3, -0.25) is 0 Å². The minimum atomic E-state index is 0.431. The van der Waals surface area contributed by atoms with Gasteiger partial charge in [-0.05, 0) is 56.0 Å². The highest BCUT2D eigenvalue weighted by Crippen LogP contribution is 2.35. The van der Waals surface area contributed by atoms with Crippen molar-refractivity contribution in [2.45, 2.75) is 40.5 Å². The Balaban J connectivity index is 2.74. The number of nitrogens with two attached hydrogens (primary N) is 1. The molecule has 0 bridgehead atoms. The topological polar surface area (TPSA) is 41.8 Å². The smallest absolute Gasteiger partial charge is 0.0464 e. The number of nitrogens with one attached hydrogen (secondary N) is 1. The fourth-order valence-electron chi connectivity index (χ4n) is 3.07. The Labute approximate surface area is 110 Å². The van der Waals surface area contributed by atoms with E-state index in [9.17, 15) is 0 Å². The molecule has 0 fully saturated rings. The van der Waals surface area contributed by atoms with Gasteiger partial charge < -0.3 is 10.7 Å². The quantitative estimate of drug-likeness (QED) is 0.847. The van der Waals surface area contributed by atoms with Gasteiger partial charge in [-0.25, -0.2) is 0 Å². The van der Waals surface area contributed by atoms with Gasteiger partial charge in [0, 0.05) is 22.5 Å². The van der Waals surface area contributed by atoms with Crippen LogP contribution in [0.4, 0.5) is 0 Å². The third kappa shape index (κ3) is 2.05. The van der Waals surface area contributed by atoms with Crippen LogP contribution >= 0.6 is 0 Å². The van der Waals surface area contributed by atoms with Crippen molar-refractivity contribution in [1.82, 2.24) is 4.98 Å². The van der Waals surface area contributed by atoms with Crippen LogP contribution in [0.15, 0.2) is 12.1 Å². The molecule has 0 radical (unpaired) electrons. The molecule has 2 nitrogen and oxygen atoms in total. The van der Waals surface area contributed by atoms with Gasteiger partial charge in [-0.15, -0.1) is 0 Å². The van der Waals surface area contributed by atoms with E-state index >= 15 is 0 Å². The van der Waals surface area contributed by atoms with Crippen molar-refractivity contribution in [2.24, 2.45) is 11.7 Å². The average Bonchev–Trinajstić information content (AvgIpc) is 2.56. The van der Waals surface area contributed by atoms with E-state index in [1.54, 1.807) is 0 Å². The van der Waals surface area contributed by atoms with Crippen molar-refractivity contribution < 1.29 is 0 Å². The number of aryl methyl sites for hydroxylation is 3. The molecule has 0 saturated heterocycles. The summed E-state index contributed by atoms with van der Waals surface area (Å²) in [5.41, 5.74) is 12.6. The largest absolute Gasteiger partial charge is 0.358 e. The van der Waals surface area contributed by atoms with Crippen molar-refractivity contribution in [3.8, 4) is 0 Å². The Morgan fingerprint density at radius 2 is 1.83 bits per heavy atom. The van der Waals surface area contributed by atoms with Crippen LogP contribution in [0.2, 0.25) is 0 Å². The Morgan fingerprint density at radius 3 is 2.39 bits per heavy atom. The first kappa shape index (κ1) is 13.2. The second-order valence-corrected chi connectivity index (χ2v) is 5.75. The minimum absolute atomic E-state index is 0.431. The molecule has 1 unspecified atom stereocenters. The second-order valence-electron chi connectivity index (χ2n) is 5.75. The van der Waals surface area contributed by atoms with E-state index in [-0.39, 0.29) is 0 Å². The lowest BCUT2D eigenvalue weighted by Crippen LogP contribution is -2.18. The zero-order valence-corrected chi connectivity index (χ0v) is 12.1. The molecule has 0 spiro atoms. The molecule has 0 aliphatic carbocycles. The Hall–Kier alpha value is -1.28. The maximum absolute atomic E-state index is 5.99. The molecule has 2 rings (SSSR count). The number of aromatic amines is 1. The highest BCUT2D eigenvalue weighted by atomic mass is 14.7. The fraction of sp³-hybridized carbons (Fsp3) is 0.500. The molecule has 0 amide bonds. The predicted octanol–water partition coefficient (Wildman–Crippen LogP) is 3.79. The van der Waals surface area contributed by atoms with E-state index in [1.165, 1.54) is 33.3 Å². The van der Waals surface area contributed by atoms with Crippen molar-refractivity contribution in [1.29, 1.82) is 0 Å². The molecule has 1 aromatic heterocycles. The first-order valence-electron chi connectivity index (χ1n) is 6.75. The van der Waals surface area contributed by atoms with E-state index in [1.807, 2.05) is 0 Å². The minimum Gasteiger partial charge on any atom is -0.358 e. The molecule has 0 saturated carbocycles. The summed E-state index contributed by atoms with van der Waals surface area (Å²) in [6, 6.07) is 4.49. The molecule has 2 heteroatoms. The summed E-state index contributed by atoms with van der Waals surface area (Å²) in [6.45, 7) is 11.7. The number of fused-ring (bicyclic) bond motifs is 1. The Kier molecular flexibility index (Phi) is 3.49. The van der Waals surface area contributed by atoms with E-state index in [4.69, 9.17) is 5.73 Å². The van der Waals surface area contributed by atoms with Gasteiger partial charge in [0.25, 0.3) is 0 Å². The lowest BCUT2D eigenvalue weighted by Gasteiger charge is -2.20. The monoisotopic (exact) mass is 244 g/mol. The molecule has 1 aromatic carbocycles. The van der Waals surface area contributed by atoms with E-state index in [0.717, 1.165) is 0 Å². The summed E-state index contributed by atoms with van der Waals surface area (Å²) in [5, 5.41) is 1.38. The second kappa shape index (κ2) is 4.77. The highest BCUT2D eigenvalue weighted by molar-refractivity contribution is 5.89. The lowest BCUT2D eigenvalue weighted by molar-refractivity contribution is 0.507. The zero-order valence-electron chi connectivity index (χ0n) is 12.1. The van der Waals surface area contributed by atoms with Gasteiger partial charge in [0.05, 0.1) is 0 Å². The summed E-state index contributed by atoms with van der Waals surface area (Å²) in [4.78, 5) is 3.52. The summed E-state index contributed by atoms with van der Waals surface area (Å²) < 4.78 is 0. The fourth-order valence-corrected chi connectivity index (χ4v) is 3.07. The van der Waals surface area contributed by atoms with Crippen LogP contribution in [-0.4, -0.2) is 11.5 Å². The molecule has 1 heterocycles. The molecule has 98 valence electrons. The van der Waals surface area contributed by atoms with Gasteiger partial charge in [0.1, 0.15) is 0 Å². The molecule has 0 aliphatic rings. The van der Waals surface area contributed by atoms with Crippen molar-refractivity contribution in [2.75, 3.05) is 6.54 Å². The Bertz CT molecular complexity index is 564. The van der Waals surface area contributed by atoms with Crippen LogP contribution in [0.3, 0.4) is 0 Å². The Morgan fingerprint density at radius 1 is 1.17 bits per heavy atom. The predicted molar refractivity (Wildman–Crippen MR) is 79.1 cm³/mol. The number of rotatable bonds is 3. The van der Waals surface area contributed by atoms with Crippen LogP contribution in [-0.2, 0) is 0 Å². The third-order valence-corrected chi connectivity index (χ3v) is 3.90. The zero-order chi connectivity index (χ0) is 13.4. The number of hydrogen-bond acceptors (Lipinski definition) is 1. The summed E-state index contributed by atoms with van der Waals surface area (Å²) in [7, 11) is 0. The van der Waals surface area contributed by atoms with Crippen LogP contribution in [0, 0.1) is 26.7 Å². The first-order chi connectivity index (χ1) is 8.45. The molecule has 1 atom stereocenters. The van der Waals surface area contributed by atoms with Gasteiger partial charge >= 0.3 is 0 Å². The number of aromatic nitrogens is 1. The van der Waals surface area contributed by atoms with Crippen LogP contribution in [0.1, 0.15) is 42.1 Å². The third-order valence-electron chi connectivity index (χ3n) is 3.90. The standard InChI is InChI=1S/C16H24N2/c1-9(2)13(8-17)16-12(5)18-14-7-10(3)6-11(4)15(14)16/h6-7,9,13,18H,8,17H2,1-5H3. The van der Waals surface area contributed by atoms with E-state index in [2.05, 4.69) is 51.7 Å². The molecule has 0 aliphatic heterocycles. The lowest BCUT2D eigenvalue weighted by atomic mass is 9.85. The summed E-state index contributed by atoms with van der Waals surface area (Å²) in [6.07, 6.45) is 0. The maximum Gasteiger partial charge on any atom is 0.0464 e. The van der Waals surface area contributed by atoms with Crippen molar-refractivity contribution in [3.63, 3.8) is 0 Å². The molecular weight excluding hydrogens is 220 g/mol. The number of hydrogen-bond donors (Lipinski definition) is 2. The van der Waals surface area contributed by atoms with Gasteiger partial charge in [0.2, 0.25) is 0 Å². The normalized spacial score (nSPS) is 13.5. The van der Waals surface area contributed by atoms with Gasteiger partial charge in [0.15, 0.2) is 0 Å².